The fourth-order valence-electron chi connectivity index (χ4n) is 1.58. The van der Waals surface area contributed by atoms with Crippen molar-refractivity contribution in [3.63, 3.8) is 0 Å². The predicted octanol–water partition coefficient (Wildman–Crippen LogP) is 0.361. The van der Waals surface area contributed by atoms with Gasteiger partial charge in [-0.3, -0.25) is 9.59 Å². The first-order valence-electron chi connectivity index (χ1n) is 6.42. The summed E-state index contributed by atoms with van der Waals surface area (Å²) in [6.07, 6.45) is 0.638. The molecule has 0 bridgehead atoms. The molecular weight excluding hydrogens is 250 g/mol. The Morgan fingerprint density at radius 3 is 2.16 bits per heavy atom. The molecule has 19 heavy (non-hydrogen) atoms. The maximum absolute atomic E-state index is 12.2. The third-order valence-electron chi connectivity index (χ3n) is 2.63. The first-order chi connectivity index (χ1) is 8.96. The Bertz CT molecular complexity index is 320. The number of amides is 3. The number of rotatable bonds is 8. The molecule has 0 saturated heterocycles. The molecule has 0 rings (SSSR count). The Balaban J connectivity index is 4.63. The van der Waals surface area contributed by atoms with Crippen LogP contribution < -0.4 is 5.32 Å². The van der Waals surface area contributed by atoms with Crippen molar-refractivity contribution in [1.82, 2.24) is 15.1 Å². The summed E-state index contributed by atoms with van der Waals surface area (Å²) in [6.45, 7) is 4.72. The zero-order valence-corrected chi connectivity index (χ0v) is 11.8. The van der Waals surface area contributed by atoms with Crippen molar-refractivity contribution < 1.29 is 19.5 Å². The van der Waals surface area contributed by atoms with E-state index < -0.39 is 5.97 Å². The minimum absolute atomic E-state index is 0.00720. The molecule has 0 aromatic heterocycles. The van der Waals surface area contributed by atoms with E-state index in [0.717, 1.165) is 6.42 Å². The van der Waals surface area contributed by atoms with Crippen LogP contribution >= 0.6 is 0 Å². The highest BCUT2D eigenvalue weighted by atomic mass is 16.4. The average Bonchev–Trinajstić information content (AvgIpc) is 2.38. The van der Waals surface area contributed by atoms with Gasteiger partial charge in [-0.15, -0.1) is 0 Å². The highest BCUT2D eigenvalue weighted by Crippen LogP contribution is 2.02. The molecule has 0 radical (unpaired) electrons. The largest absolute Gasteiger partial charge is 0.481 e. The Kier molecular flexibility index (Phi) is 8.32. The van der Waals surface area contributed by atoms with Gasteiger partial charge < -0.3 is 20.2 Å². The van der Waals surface area contributed by atoms with Crippen LogP contribution in [0.25, 0.3) is 0 Å². The molecule has 110 valence electrons. The molecule has 0 unspecified atom stereocenters. The molecule has 0 aromatic rings. The lowest BCUT2D eigenvalue weighted by Gasteiger charge is -2.29. The second-order valence-corrected chi connectivity index (χ2v) is 4.10. The summed E-state index contributed by atoms with van der Waals surface area (Å²) in [6, 6.07) is -0.297. The fraction of sp³-hybridized carbons (Fsp3) is 0.750. The number of hydrogen-bond acceptors (Lipinski definition) is 3. The van der Waals surface area contributed by atoms with Gasteiger partial charge >= 0.3 is 12.0 Å². The van der Waals surface area contributed by atoms with Crippen molar-refractivity contribution >= 4 is 17.9 Å². The second kappa shape index (κ2) is 9.18. The monoisotopic (exact) mass is 273 g/mol. The van der Waals surface area contributed by atoms with E-state index in [1.54, 1.807) is 6.92 Å². The van der Waals surface area contributed by atoms with Crippen molar-refractivity contribution in [3.05, 3.63) is 0 Å². The molecule has 0 aliphatic carbocycles. The number of nitrogens with one attached hydrogen (secondary N) is 1. The van der Waals surface area contributed by atoms with E-state index >= 15 is 0 Å². The van der Waals surface area contributed by atoms with Gasteiger partial charge in [0.05, 0.1) is 6.42 Å². The molecule has 7 heteroatoms. The minimum atomic E-state index is -0.945. The average molecular weight is 273 g/mol. The number of carbonyl (C=O) groups excluding carboxylic acids is 2. The lowest BCUT2D eigenvalue weighted by atomic mass is 10.3. The summed E-state index contributed by atoms with van der Waals surface area (Å²) in [5, 5.41) is 11.1. The van der Waals surface area contributed by atoms with Crippen LogP contribution in [0.3, 0.4) is 0 Å². The number of hydrogen-bond donors (Lipinski definition) is 2. The van der Waals surface area contributed by atoms with Crippen molar-refractivity contribution in [3.8, 4) is 0 Å². The quantitative estimate of drug-likeness (QED) is 0.668. The van der Waals surface area contributed by atoms with Crippen LogP contribution in [0.4, 0.5) is 4.79 Å². The normalized spacial score (nSPS) is 9.84. The highest BCUT2D eigenvalue weighted by molar-refractivity contribution is 5.84. The molecule has 7 nitrogen and oxygen atoms in total. The molecular formula is C12H23N3O4. The van der Waals surface area contributed by atoms with Crippen molar-refractivity contribution in [1.29, 1.82) is 0 Å². The molecule has 0 saturated carbocycles. The van der Waals surface area contributed by atoms with E-state index in [4.69, 9.17) is 5.11 Å². The van der Waals surface area contributed by atoms with Gasteiger partial charge in [0.1, 0.15) is 6.54 Å². The van der Waals surface area contributed by atoms with Gasteiger partial charge in [0, 0.05) is 26.7 Å². The maximum atomic E-state index is 12.2. The number of nitrogens with zero attached hydrogens (tertiary/aromatic N) is 2. The van der Waals surface area contributed by atoms with E-state index in [1.807, 2.05) is 6.92 Å². The van der Waals surface area contributed by atoms with Gasteiger partial charge in [0.15, 0.2) is 0 Å². The van der Waals surface area contributed by atoms with E-state index in [1.165, 1.54) is 16.8 Å². The summed E-state index contributed by atoms with van der Waals surface area (Å²) in [5.41, 5.74) is 0. The topological polar surface area (TPSA) is 90.0 Å². The molecule has 0 aliphatic rings. The molecule has 0 aliphatic heterocycles. The number of carboxylic acids is 1. The van der Waals surface area contributed by atoms with E-state index in [-0.39, 0.29) is 31.4 Å². The molecule has 0 aromatic carbocycles. The van der Waals surface area contributed by atoms with Crippen molar-refractivity contribution in [2.45, 2.75) is 26.7 Å². The van der Waals surface area contributed by atoms with E-state index in [2.05, 4.69) is 5.32 Å². The van der Waals surface area contributed by atoms with Crippen LogP contribution in [-0.4, -0.2) is 66.0 Å². The van der Waals surface area contributed by atoms with Crippen LogP contribution in [0.15, 0.2) is 0 Å². The first kappa shape index (κ1) is 17.2. The number of likely N-dealkylation sites (N-methyl/N-ethyl adjacent to an activating group) is 1. The van der Waals surface area contributed by atoms with Gasteiger partial charge in [0.25, 0.3) is 0 Å². The Hall–Kier alpha value is -1.79. The zero-order chi connectivity index (χ0) is 14.8. The summed E-state index contributed by atoms with van der Waals surface area (Å²) in [5.74, 6) is -1.18. The lowest BCUT2D eigenvalue weighted by Crippen LogP contribution is -2.47. The van der Waals surface area contributed by atoms with Gasteiger partial charge in [-0.05, 0) is 13.3 Å². The summed E-state index contributed by atoms with van der Waals surface area (Å²) in [4.78, 5) is 37.0. The van der Waals surface area contributed by atoms with Crippen molar-refractivity contribution in [2.75, 3.05) is 33.2 Å². The van der Waals surface area contributed by atoms with Gasteiger partial charge in [-0.2, -0.15) is 0 Å². The minimum Gasteiger partial charge on any atom is -0.481 e. The molecule has 0 heterocycles. The SMILES string of the molecule is CCCN(CC(=O)NC)C(=O)N(CC)CCC(=O)O. The molecule has 3 amide bonds. The molecule has 2 N–H and O–H groups in total. The summed E-state index contributed by atoms with van der Waals surface area (Å²) >= 11 is 0. The molecule has 0 spiro atoms. The predicted molar refractivity (Wildman–Crippen MR) is 70.8 cm³/mol. The highest BCUT2D eigenvalue weighted by Gasteiger charge is 2.21. The van der Waals surface area contributed by atoms with E-state index in [0.29, 0.717) is 13.1 Å². The smallest absolute Gasteiger partial charge is 0.320 e. The van der Waals surface area contributed by atoms with Crippen LogP contribution in [-0.2, 0) is 9.59 Å². The van der Waals surface area contributed by atoms with Gasteiger partial charge in [-0.1, -0.05) is 6.92 Å². The molecule has 0 atom stereocenters. The summed E-state index contributed by atoms with van der Waals surface area (Å²) < 4.78 is 0. The molecule has 0 fully saturated rings. The Labute approximate surface area is 113 Å². The Morgan fingerprint density at radius 1 is 1.11 bits per heavy atom. The van der Waals surface area contributed by atoms with E-state index in [9.17, 15) is 14.4 Å². The van der Waals surface area contributed by atoms with Crippen LogP contribution in [0.1, 0.15) is 26.7 Å². The number of urea groups is 1. The summed E-state index contributed by atoms with van der Waals surface area (Å²) in [7, 11) is 1.51. The van der Waals surface area contributed by atoms with Crippen LogP contribution in [0.2, 0.25) is 0 Å². The van der Waals surface area contributed by atoms with Crippen molar-refractivity contribution in [2.24, 2.45) is 0 Å². The second-order valence-electron chi connectivity index (χ2n) is 4.10. The number of carbonyl (C=O) groups is 3. The maximum Gasteiger partial charge on any atom is 0.320 e. The van der Waals surface area contributed by atoms with Gasteiger partial charge in [0.2, 0.25) is 5.91 Å². The number of aliphatic carboxylic acids is 1. The zero-order valence-electron chi connectivity index (χ0n) is 11.8. The Morgan fingerprint density at radius 2 is 1.74 bits per heavy atom. The number of carboxylic acid groups (broad SMARTS) is 1. The van der Waals surface area contributed by atoms with Crippen LogP contribution in [0, 0.1) is 0 Å². The van der Waals surface area contributed by atoms with Gasteiger partial charge in [-0.25, -0.2) is 4.79 Å². The third kappa shape index (κ3) is 6.64. The third-order valence-corrected chi connectivity index (χ3v) is 2.63. The lowest BCUT2D eigenvalue weighted by molar-refractivity contribution is -0.137. The van der Waals surface area contributed by atoms with Crippen LogP contribution in [0.5, 0.6) is 0 Å². The first-order valence-corrected chi connectivity index (χ1v) is 6.42. The fourth-order valence-corrected chi connectivity index (χ4v) is 1.58. The standard InChI is InChI=1S/C12H23N3O4/c1-4-7-15(9-10(16)13-3)12(19)14(5-2)8-6-11(17)18/h4-9H2,1-3H3,(H,13,16)(H,17,18).